The first-order chi connectivity index (χ1) is 10.4. The summed E-state index contributed by atoms with van der Waals surface area (Å²) in [5, 5.41) is -0.446. The van der Waals surface area contributed by atoms with Gasteiger partial charge in [-0.05, 0) is 63.2 Å². The maximum atomic E-state index is 14.3. The number of hydrogen-bond donors (Lipinski definition) is 0. The van der Waals surface area contributed by atoms with Crippen LogP contribution in [0.2, 0.25) is 0 Å². The predicted octanol–water partition coefficient (Wildman–Crippen LogP) is 3.51. The smallest absolute Gasteiger partial charge is 0.262 e. The monoisotopic (exact) mass is 329 g/mol. The van der Waals surface area contributed by atoms with Crippen LogP contribution in [0.5, 0.6) is 0 Å². The second-order valence-corrected chi connectivity index (χ2v) is 9.62. The maximum absolute atomic E-state index is 14.3. The van der Waals surface area contributed by atoms with E-state index in [4.69, 9.17) is 4.74 Å². The summed E-state index contributed by atoms with van der Waals surface area (Å²) in [6.07, 6.45) is 8.14. The summed E-state index contributed by atoms with van der Waals surface area (Å²) in [5.74, 6) is 0.399. The summed E-state index contributed by atoms with van der Waals surface area (Å²) in [5.41, 5.74) is -0.943. The highest BCUT2D eigenvalue weighted by molar-refractivity contribution is 7.91. The van der Waals surface area contributed by atoms with Crippen molar-refractivity contribution in [1.82, 2.24) is 0 Å². The van der Waals surface area contributed by atoms with E-state index in [2.05, 4.69) is 4.40 Å². The molecule has 0 aromatic heterocycles. The molecule has 0 aromatic rings. The molecule has 0 N–H and O–H groups in total. The molecule has 4 aliphatic carbocycles. The number of nitrogens with zero attached hydrogens (tertiary/aromatic N) is 1. The lowest BCUT2D eigenvalue weighted by Gasteiger charge is -2.50. The van der Waals surface area contributed by atoms with Crippen LogP contribution < -0.4 is 0 Å². The summed E-state index contributed by atoms with van der Waals surface area (Å²) in [4.78, 5) is 0. The lowest BCUT2D eigenvalue weighted by Crippen LogP contribution is -2.47. The summed E-state index contributed by atoms with van der Waals surface area (Å²) >= 11 is 0. The molecule has 124 valence electrons. The van der Waals surface area contributed by atoms with Crippen molar-refractivity contribution in [2.24, 2.45) is 9.81 Å². The Morgan fingerprint density at radius 3 is 2.41 bits per heavy atom. The third-order valence-electron chi connectivity index (χ3n) is 6.38. The van der Waals surface area contributed by atoms with Crippen molar-refractivity contribution >= 4 is 15.9 Å². The molecule has 0 aromatic carbocycles. The molecule has 5 aliphatic rings. The highest BCUT2D eigenvalue weighted by atomic mass is 32.2. The van der Waals surface area contributed by atoms with Crippen LogP contribution in [0.4, 0.5) is 4.39 Å². The molecule has 22 heavy (non-hydrogen) atoms. The number of alkyl halides is 1. The van der Waals surface area contributed by atoms with Gasteiger partial charge in [0.1, 0.15) is 17.0 Å². The second kappa shape index (κ2) is 4.92. The van der Waals surface area contributed by atoms with Crippen LogP contribution in [-0.4, -0.2) is 31.3 Å². The molecule has 0 saturated heterocycles. The molecule has 2 unspecified atom stereocenters. The Balaban J connectivity index is 1.55. The van der Waals surface area contributed by atoms with Gasteiger partial charge in [0, 0.05) is 6.42 Å². The minimum Gasteiger partial charge on any atom is -0.475 e. The van der Waals surface area contributed by atoms with Crippen molar-refractivity contribution in [2.75, 3.05) is 0 Å². The van der Waals surface area contributed by atoms with Gasteiger partial charge in [-0.3, -0.25) is 0 Å². The maximum Gasteiger partial charge on any atom is 0.262 e. The zero-order valence-electron chi connectivity index (χ0n) is 12.9. The van der Waals surface area contributed by atoms with E-state index in [9.17, 15) is 12.8 Å². The van der Waals surface area contributed by atoms with Crippen molar-refractivity contribution in [1.29, 1.82) is 0 Å². The minimum atomic E-state index is -3.43. The van der Waals surface area contributed by atoms with E-state index in [0.717, 1.165) is 38.5 Å². The van der Waals surface area contributed by atoms with Crippen LogP contribution in [0.1, 0.15) is 70.6 Å². The third kappa shape index (κ3) is 2.47. The lowest BCUT2D eigenvalue weighted by molar-refractivity contribution is -0.0342. The molecule has 2 bridgehead atoms. The van der Waals surface area contributed by atoms with E-state index < -0.39 is 20.9 Å². The van der Waals surface area contributed by atoms with Crippen LogP contribution >= 0.6 is 0 Å². The van der Waals surface area contributed by atoms with Gasteiger partial charge < -0.3 is 4.74 Å². The zero-order valence-corrected chi connectivity index (χ0v) is 13.7. The second-order valence-electron chi connectivity index (χ2n) is 7.81. The van der Waals surface area contributed by atoms with Gasteiger partial charge in [-0.15, -0.1) is 4.40 Å². The van der Waals surface area contributed by atoms with Crippen LogP contribution in [0.15, 0.2) is 4.40 Å². The van der Waals surface area contributed by atoms with Gasteiger partial charge in [0.25, 0.3) is 10.0 Å². The first kappa shape index (κ1) is 14.9. The average Bonchev–Trinajstić information content (AvgIpc) is 2.48. The van der Waals surface area contributed by atoms with Crippen LogP contribution in [-0.2, 0) is 14.8 Å². The lowest BCUT2D eigenvalue weighted by atomic mass is 9.58. The van der Waals surface area contributed by atoms with Gasteiger partial charge in [0.2, 0.25) is 5.90 Å². The molecule has 1 aliphatic heterocycles. The van der Waals surface area contributed by atoms with E-state index >= 15 is 0 Å². The molecule has 6 heteroatoms. The van der Waals surface area contributed by atoms with Gasteiger partial charge >= 0.3 is 0 Å². The highest BCUT2D eigenvalue weighted by Crippen LogP contribution is 2.56. The molecule has 4 nitrogen and oxygen atoms in total. The van der Waals surface area contributed by atoms with E-state index in [-0.39, 0.29) is 11.5 Å². The SMILES string of the molecule is O=S1(=O)N=C(CC23CCC(F)(CC2)CC3)OC2CCCCC21. The molecule has 0 amide bonds. The Bertz CT molecular complexity index is 576. The Labute approximate surface area is 131 Å². The molecular formula is C16H24FNO3S. The Morgan fingerprint density at radius 2 is 1.73 bits per heavy atom. The number of halogens is 1. The molecule has 0 spiro atoms. The quantitative estimate of drug-likeness (QED) is 0.779. The molecule has 4 fully saturated rings. The summed E-state index contributed by atoms with van der Waals surface area (Å²) in [6.45, 7) is 0. The van der Waals surface area contributed by atoms with Gasteiger partial charge in [0.05, 0.1) is 0 Å². The summed E-state index contributed by atoms with van der Waals surface area (Å²) in [7, 11) is -3.43. The number of ether oxygens (including phenoxy) is 1. The standard InChI is InChI=1S/C16H24FNO3S/c17-16-8-5-15(6-9-16,7-10-16)11-14-18-22(19,20)13-4-2-1-3-12(13)21-14/h12-13H,1-11H2. The fourth-order valence-corrected chi connectivity index (χ4v) is 6.39. The third-order valence-corrected chi connectivity index (χ3v) is 8.14. The van der Waals surface area contributed by atoms with E-state index in [0.29, 0.717) is 38.0 Å². The largest absolute Gasteiger partial charge is 0.475 e. The van der Waals surface area contributed by atoms with Crippen molar-refractivity contribution in [3.8, 4) is 0 Å². The number of hydrogen-bond acceptors (Lipinski definition) is 3. The number of sulfonamides is 1. The van der Waals surface area contributed by atoms with Gasteiger partial charge in [-0.2, -0.15) is 0 Å². The van der Waals surface area contributed by atoms with Crippen LogP contribution in [0.25, 0.3) is 0 Å². The van der Waals surface area contributed by atoms with Gasteiger partial charge in [-0.1, -0.05) is 6.42 Å². The molecular weight excluding hydrogens is 305 g/mol. The minimum absolute atomic E-state index is 0.0176. The summed E-state index contributed by atoms with van der Waals surface area (Å²) < 4.78 is 49.0. The van der Waals surface area contributed by atoms with E-state index in [1.807, 2.05) is 0 Å². The fourth-order valence-electron chi connectivity index (χ4n) is 4.82. The van der Waals surface area contributed by atoms with Gasteiger partial charge in [-0.25, -0.2) is 12.8 Å². The molecule has 1 heterocycles. The van der Waals surface area contributed by atoms with Crippen molar-refractivity contribution in [3.63, 3.8) is 0 Å². The molecule has 4 saturated carbocycles. The molecule has 0 radical (unpaired) electrons. The van der Waals surface area contributed by atoms with Gasteiger partial charge in [0.15, 0.2) is 0 Å². The van der Waals surface area contributed by atoms with Crippen LogP contribution in [0, 0.1) is 5.41 Å². The summed E-state index contributed by atoms with van der Waals surface area (Å²) in [6, 6.07) is 0. The normalized spacial score (nSPS) is 46.5. The predicted molar refractivity (Wildman–Crippen MR) is 82.1 cm³/mol. The van der Waals surface area contributed by atoms with Crippen molar-refractivity contribution in [2.45, 2.75) is 87.7 Å². The fraction of sp³-hybridized carbons (Fsp3) is 0.938. The van der Waals surface area contributed by atoms with E-state index in [1.54, 1.807) is 0 Å². The Hall–Kier alpha value is -0.650. The van der Waals surface area contributed by atoms with E-state index in [1.165, 1.54) is 0 Å². The number of rotatable bonds is 2. The topological polar surface area (TPSA) is 55.7 Å². The number of fused-ring (bicyclic) bond motifs is 4. The van der Waals surface area contributed by atoms with Crippen molar-refractivity contribution < 1.29 is 17.5 Å². The molecule has 2 atom stereocenters. The van der Waals surface area contributed by atoms with Crippen LogP contribution in [0.3, 0.4) is 0 Å². The van der Waals surface area contributed by atoms with Crippen molar-refractivity contribution in [3.05, 3.63) is 0 Å². The average molecular weight is 329 g/mol. The Kier molecular flexibility index (Phi) is 3.34. The molecule has 5 rings (SSSR count). The first-order valence-corrected chi connectivity index (χ1v) is 10.1. The zero-order chi connectivity index (χ0) is 15.4. The highest BCUT2D eigenvalue weighted by Gasteiger charge is 2.51. The first-order valence-electron chi connectivity index (χ1n) is 8.58. The Morgan fingerprint density at radius 1 is 1.09 bits per heavy atom.